The largest absolute Gasteiger partial charge is 0.356 e. The number of sulfonamides is 1. The third kappa shape index (κ3) is 5.10. The van der Waals surface area contributed by atoms with Crippen molar-refractivity contribution in [1.82, 2.24) is 14.5 Å². The molecule has 156 valence electrons. The lowest BCUT2D eigenvalue weighted by Gasteiger charge is -2.30. The van der Waals surface area contributed by atoms with Crippen LogP contribution in [0.1, 0.15) is 37.7 Å². The highest BCUT2D eigenvalue weighted by Gasteiger charge is 2.32. The van der Waals surface area contributed by atoms with Crippen LogP contribution < -0.4 is 5.32 Å². The predicted molar refractivity (Wildman–Crippen MR) is 106 cm³/mol. The molecule has 2 heterocycles. The van der Waals surface area contributed by atoms with E-state index in [1.165, 1.54) is 35.3 Å². The number of amides is 1. The Bertz CT molecular complexity index is 786. The Hall–Kier alpha value is -1.51. The van der Waals surface area contributed by atoms with Gasteiger partial charge in [-0.15, -0.1) is 0 Å². The van der Waals surface area contributed by atoms with Gasteiger partial charge in [0.25, 0.3) is 0 Å². The summed E-state index contributed by atoms with van der Waals surface area (Å²) in [7, 11) is -3.65. The molecule has 2 aliphatic heterocycles. The van der Waals surface area contributed by atoms with Gasteiger partial charge in [-0.3, -0.25) is 4.79 Å². The normalized spacial score (nSPS) is 19.8. The Kier molecular flexibility index (Phi) is 7.06. The summed E-state index contributed by atoms with van der Waals surface area (Å²) in [6.45, 7) is 6.18. The quantitative estimate of drug-likeness (QED) is 0.698. The van der Waals surface area contributed by atoms with Crippen LogP contribution in [0.4, 0.5) is 4.39 Å². The van der Waals surface area contributed by atoms with Crippen molar-refractivity contribution in [2.75, 3.05) is 39.3 Å². The molecule has 6 nitrogen and oxygen atoms in total. The highest BCUT2D eigenvalue weighted by Crippen LogP contribution is 2.25. The number of nitrogens with one attached hydrogen (secondary N) is 1. The lowest BCUT2D eigenvalue weighted by molar-refractivity contribution is -0.126. The summed E-state index contributed by atoms with van der Waals surface area (Å²) in [6.07, 6.45) is 4.51. The number of carbonyl (C=O) groups is 1. The van der Waals surface area contributed by atoms with Gasteiger partial charge in [0.15, 0.2) is 0 Å². The first kappa shape index (κ1) is 21.2. The molecule has 0 aromatic heterocycles. The van der Waals surface area contributed by atoms with Crippen LogP contribution in [0.2, 0.25) is 0 Å². The van der Waals surface area contributed by atoms with Gasteiger partial charge in [-0.05, 0) is 82.4 Å². The maximum absolute atomic E-state index is 13.4. The van der Waals surface area contributed by atoms with Crippen molar-refractivity contribution >= 4 is 15.9 Å². The zero-order valence-corrected chi connectivity index (χ0v) is 17.3. The highest BCUT2D eigenvalue weighted by molar-refractivity contribution is 7.89. The molecule has 0 aliphatic carbocycles. The number of piperidine rings is 1. The van der Waals surface area contributed by atoms with Gasteiger partial charge in [0.05, 0.1) is 4.90 Å². The maximum atomic E-state index is 13.4. The second kappa shape index (κ2) is 9.33. The van der Waals surface area contributed by atoms with Gasteiger partial charge < -0.3 is 10.2 Å². The summed E-state index contributed by atoms with van der Waals surface area (Å²) in [5, 5.41) is 3.00. The molecular weight excluding hydrogens is 381 g/mol. The van der Waals surface area contributed by atoms with Crippen molar-refractivity contribution in [3.05, 3.63) is 29.6 Å². The number of hydrogen-bond acceptors (Lipinski definition) is 4. The first-order chi connectivity index (χ1) is 13.4. The molecule has 0 spiro atoms. The molecule has 0 radical (unpaired) electrons. The fourth-order valence-corrected chi connectivity index (χ4v) is 5.51. The molecule has 28 heavy (non-hydrogen) atoms. The predicted octanol–water partition coefficient (Wildman–Crippen LogP) is 2.14. The lowest BCUT2D eigenvalue weighted by Crippen LogP contribution is -2.43. The fraction of sp³-hybridized carbons (Fsp3) is 0.650. The summed E-state index contributed by atoms with van der Waals surface area (Å²) >= 11 is 0. The van der Waals surface area contributed by atoms with Gasteiger partial charge in [-0.1, -0.05) is 0 Å². The van der Waals surface area contributed by atoms with E-state index in [2.05, 4.69) is 10.2 Å². The monoisotopic (exact) mass is 411 g/mol. The Labute approximate surface area is 167 Å². The number of nitrogens with zero attached hydrogens (tertiary/aromatic N) is 2. The zero-order valence-electron chi connectivity index (χ0n) is 16.5. The average molecular weight is 412 g/mol. The topological polar surface area (TPSA) is 69.7 Å². The molecule has 1 aromatic carbocycles. The first-order valence-electron chi connectivity index (χ1n) is 10.1. The van der Waals surface area contributed by atoms with Gasteiger partial charge >= 0.3 is 0 Å². The van der Waals surface area contributed by atoms with Crippen LogP contribution in [0.25, 0.3) is 0 Å². The van der Waals surface area contributed by atoms with Crippen molar-refractivity contribution in [2.45, 2.75) is 43.9 Å². The second-order valence-corrected chi connectivity index (χ2v) is 9.72. The van der Waals surface area contributed by atoms with Crippen LogP contribution in [-0.4, -0.2) is 62.8 Å². The molecule has 0 saturated carbocycles. The first-order valence-corrected chi connectivity index (χ1v) is 11.6. The zero-order chi connectivity index (χ0) is 20.1. The van der Waals surface area contributed by atoms with Crippen LogP contribution in [0.15, 0.2) is 23.1 Å². The molecule has 1 aromatic rings. The number of likely N-dealkylation sites (tertiary alicyclic amines) is 1. The second-order valence-electron chi connectivity index (χ2n) is 7.78. The summed E-state index contributed by atoms with van der Waals surface area (Å²) in [5.74, 6) is -0.539. The van der Waals surface area contributed by atoms with E-state index in [0.29, 0.717) is 38.0 Å². The van der Waals surface area contributed by atoms with E-state index in [4.69, 9.17) is 0 Å². The van der Waals surface area contributed by atoms with E-state index in [1.807, 2.05) is 0 Å². The average Bonchev–Trinajstić information content (AvgIpc) is 3.20. The van der Waals surface area contributed by atoms with Crippen molar-refractivity contribution < 1.29 is 17.6 Å². The Morgan fingerprint density at radius 3 is 2.50 bits per heavy atom. The maximum Gasteiger partial charge on any atom is 0.243 e. The third-order valence-corrected chi connectivity index (χ3v) is 7.64. The van der Waals surface area contributed by atoms with Gasteiger partial charge in [0.1, 0.15) is 5.82 Å². The summed E-state index contributed by atoms with van der Waals surface area (Å²) < 4.78 is 40.4. The van der Waals surface area contributed by atoms with Crippen LogP contribution in [0, 0.1) is 18.7 Å². The smallest absolute Gasteiger partial charge is 0.243 e. The van der Waals surface area contributed by atoms with Gasteiger partial charge in [-0.25, -0.2) is 12.8 Å². The molecule has 0 unspecified atom stereocenters. The third-order valence-electron chi connectivity index (χ3n) is 5.74. The van der Waals surface area contributed by atoms with Gasteiger partial charge in [0, 0.05) is 25.6 Å². The molecule has 0 bridgehead atoms. The standard InChI is InChI=1S/C20H30FN3O3S/c1-16-15-18(5-6-19(16)21)28(26,27)24-13-7-17(8-14-24)20(25)22-9-4-12-23-10-2-3-11-23/h5-6,15,17H,2-4,7-14H2,1H3,(H,22,25). The van der Waals surface area contributed by atoms with E-state index in [1.54, 1.807) is 6.92 Å². The highest BCUT2D eigenvalue weighted by atomic mass is 32.2. The minimum Gasteiger partial charge on any atom is -0.356 e. The van der Waals surface area contributed by atoms with Crippen LogP contribution in [0.3, 0.4) is 0 Å². The SMILES string of the molecule is Cc1cc(S(=O)(=O)N2CCC(C(=O)NCCCN3CCCC3)CC2)ccc1F. The molecule has 2 saturated heterocycles. The molecule has 8 heteroatoms. The fourth-order valence-electron chi connectivity index (χ4n) is 3.95. The number of halogens is 1. The number of aryl methyl sites for hydroxylation is 1. The van der Waals surface area contributed by atoms with Gasteiger partial charge in [-0.2, -0.15) is 4.31 Å². The van der Waals surface area contributed by atoms with Crippen LogP contribution >= 0.6 is 0 Å². The number of hydrogen-bond donors (Lipinski definition) is 1. The van der Waals surface area contributed by atoms with E-state index in [0.717, 1.165) is 26.1 Å². The summed E-state index contributed by atoms with van der Waals surface area (Å²) in [4.78, 5) is 14.9. The molecular formula is C20H30FN3O3S. The molecule has 1 amide bonds. The van der Waals surface area contributed by atoms with E-state index in [-0.39, 0.29) is 16.7 Å². The van der Waals surface area contributed by atoms with Crippen LogP contribution in [0.5, 0.6) is 0 Å². The Balaban J connectivity index is 1.45. The minimum absolute atomic E-state index is 0.0242. The van der Waals surface area contributed by atoms with Crippen molar-refractivity contribution in [3.63, 3.8) is 0 Å². The van der Waals surface area contributed by atoms with E-state index < -0.39 is 15.8 Å². The molecule has 3 rings (SSSR count). The molecule has 2 aliphatic rings. The number of rotatable bonds is 7. The lowest BCUT2D eigenvalue weighted by atomic mass is 9.97. The van der Waals surface area contributed by atoms with E-state index >= 15 is 0 Å². The van der Waals surface area contributed by atoms with Crippen LogP contribution in [-0.2, 0) is 14.8 Å². The Morgan fingerprint density at radius 2 is 1.86 bits per heavy atom. The number of benzene rings is 1. The minimum atomic E-state index is -3.65. The van der Waals surface area contributed by atoms with Crippen molar-refractivity contribution in [3.8, 4) is 0 Å². The van der Waals surface area contributed by atoms with Crippen molar-refractivity contribution in [1.29, 1.82) is 0 Å². The summed E-state index contributed by atoms with van der Waals surface area (Å²) in [5.41, 5.74) is 0.310. The summed E-state index contributed by atoms with van der Waals surface area (Å²) in [6, 6.07) is 3.85. The van der Waals surface area contributed by atoms with Gasteiger partial charge in [0.2, 0.25) is 15.9 Å². The Morgan fingerprint density at radius 1 is 1.18 bits per heavy atom. The van der Waals surface area contributed by atoms with Crippen molar-refractivity contribution in [2.24, 2.45) is 5.92 Å². The molecule has 1 N–H and O–H groups in total. The van der Waals surface area contributed by atoms with E-state index in [9.17, 15) is 17.6 Å². The number of carbonyl (C=O) groups excluding carboxylic acids is 1. The molecule has 0 atom stereocenters. The molecule has 2 fully saturated rings.